The van der Waals surface area contributed by atoms with Gasteiger partial charge in [-0.25, -0.2) is 8.78 Å². The van der Waals surface area contributed by atoms with Crippen molar-refractivity contribution in [3.05, 3.63) is 82.9 Å². The van der Waals surface area contributed by atoms with E-state index < -0.39 is 11.6 Å². The molecular formula is C24H20F2O2. The Hall–Kier alpha value is -2.74. The molecule has 0 amide bonds. The van der Waals surface area contributed by atoms with Crippen molar-refractivity contribution >= 4 is 10.8 Å². The molecule has 0 unspecified atom stereocenters. The van der Waals surface area contributed by atoms with Gasteiger partial charge in [-0.3, -0.25) is 0 Å². The van der Waals surface area contributed by atoms with E-state index in [4.69, 9.17) is 9.47 Å². The van der Waals surface area contributed by atoms with Crippen molar-refractivity contribution in [1.29, 1.82) is 0 Å². The first-order valence-electron chi connectivity index (χ1n) is 9.36. The van der Waals surface area contributed by atoms with Gasteiger partial charge in [-0.15, -0.1) is 0 Å². The predicted octanol–water partition coefficient (Wildman–Crippen LogP) is 5.59. The molecule has 0 aromatic heterocycles. The highest BCUT2D eigenvalue weighted by atomic mass is 19.2. The molecule has 3 aromatic carbocycles. The first kappa shape index (κ1) is 18.6. The monoisotopic (exact) mass is 378 g/mol. The van der Waals surface area contributed by atoms with Gasteiger partial charge in [0.1, 0.15) is 0 Å². The van der Waals surface area contributed by atoms with E-state index in [1.54, 1.807) is 18.2 Å². The van der Waals surface area contributed by atoms with Crippen LogP contribution in [0.1, 0.15) is 36.3 Å². The Morgan fingerprint density at radius 3 is 2.11 bits per heavy atom. The first-order chi connectivity index (χ1) is 13.6. The third-order valence-corrected chi connectivity index (χ3v) is 4.96. The maximum absolute atomic E-state index is 13.4. The molecule has 1 fully saturated rings. The average Bonchev–Trinajstić information content (AvgIpc) is 2.73. The number of fused-ring (bicyclic) bond motifs is 1. The summed E-state index contributed by atoms with van der Waals surface area (Å²) in [7, 11) is 0. The SMILES string of the molecule is CCC1COC(c2ccc(C#Cc3ccc4cc(F)c(F)cc4c3)cc2)OC1. The van der Waals surface area contributed by atoms with E-state index >= 15 is 0 Å². The smallest absolute Gasteiger partial charge is 0.183 e. The molecule has 28 heavy (non-hydrogen) atoms. The lowest BCUT2D eigenvalue weighted by Gasteiger charge is -2.29. The van der Waals surface area contributed by atoms with Gasteiger partial charge in [0.25, 0.3) is 0 Å². The van der Waals surface area contributed by atoms with Crippen molar-refractivity contribution in [3.63, 3.8) is 0 Å². The normalized spacial score (nSPS) is 19.2. The Balaban J connectivity index is 1.49. The van der Waals surface area contributed by atoms with Crippen LogP contribution in [0.15, 0.2) is 54.6 Å². The van der Waals surface area contributed by atoms with Gasteiger partial charge in [0, 0.05) is 22.6 Å². The van der Waals surface area contributed by atoms with E-state index in [9.17, 15) is 8.78 Å². The summed E-state index contributed by atoms with van der Waals surface area (Å²) >= 11 is 0. The fourth-order valence-electron chi connectivity index (χ4n) is 3.16. The average molecular weight is 378 g/mol. The van der Waals surface area contributed by atoms with Crippen LogP contribution in [0, 0.1) is 29.4 Å². The summed E-state index contributed by atoms with van der Waals surface area (Å²) in [6.45, 7) is 3.57. The van der Waals surface area contributed by atoms with Crippen molar-refractivity contribution in [3.8, 4) is 11.8 Å². The Morgan fingerprint density at radius 2 is 1.43 bits per heavy atom. The molecule has 1 aliphatic rings. The molecule has 0 bridgehead atoms. The number of hydrogen-bond acceptors (Lipinski definition) is 2. The number of benzene rings is 3. The van der Waals surface area contributed by atoms with Crippen LogP contribution < -0.4 is 0 Å². The highest BCUT2D eigenvalue weighted by molar-refractivity contribution is 5.84. The summed E-state index contributed by atoms with van der Waals surface area (Å²) in [6.07, 6.45) is 0.734. The third-order valence-electron chi connectivity index (χ3n) is 4.96. The maximum Gasteiger partial charge on any atom is 0.183 e. The molecule has 0 spiro atoms. The minimum atomic E-state index is -0.856. The molecule has 3 aromatic rings. The lowest BCUT2D eigenvalue weighted by Crippen LogP contribution is -2.26. The molecule has 0 radical (unpaired) electrons. The number of rotatable bonds is 2. The molecule has 142 valence electrons. The predicted molar refractivity (Wildman–Crippen MR) is 105 cm³/mol. The van der Waals surface area contributed by atoms with Gasteiger partial charge in [0.2, 0.25) is 0 Å². The van der Waals surface area contributed by atoms with Crippen LogP contribution >= 0.6 is 0 Å². The van der Waals surface area contributed by atoms with Gasteiger partial charge in [0.15, 0.2) is 17.9 Å². The fraction of sp³-hybridized carbons (Fsp3) is 0.250. The van der Waals surface area contributed by atoms with E-state index in [1.807, 2.05) is 24.3 Å². The third kappa shape index (κ3) is 4.06. The second kappa shape index (κ2) is 8.10. The van der Waals surface area contributed by atoms with Crippen molar-refractivity contribution in [2.75, 3.05) is 13.2 Å². The topological polar surface area (TPSA) is 18.5 Å². The standard InChI is InChI=1S/C24H20F2O2/c1-2-16-14-27-24(28-15-16)19-8-5-17(6-9-19)3-4-18-7-10-20-12-22(25)23(26)13-21(20)11-18/h5-13,16,24H,2,14-15H2,1H3. The second-order valence-electron chi connectivity index (χ2n) is 6.97. The van der Waals surface area contributed by atoms with E-state index in [1.165, 1.54) is 12.1 Å². The molecule has 1 saturated heterocycles. The van der Waals surface area contributed by atoms with Crippen LogP contribution in [0.5, 0.6) is 0 Å². The summed E-state index contributed by atoms with van der Waals surface area (Å²) in [5.41, 5.74) is 2.58. The van der Waals surface area contributed by atoms with E-state index in [2.05, 4.69) is 18.8 Å². The number of hydrogen-bond donors (Lipinski definition) is 0. The summed E-state index contributed by atoms with van der Waals surface area (Å²) in [6, 6.07) is 15.5. The van der Waals surface area contributed by atoms with Crippen molar-refractivity contribution in [2.45, 2.75) is 19.6 Å². The van der Waals surface area contributed by atoms with Crippen molar-refractivity contribution < 1.29 is 18.3 Å². The zero-order chi connectivity index (χ0) is 19.5. The maximum atomic E-state index is 13.4. The van der Waals surface area contributed by atoms with Gasteiger partial charge in [0.05, 0.1) is 13.2 Å². The van der Waals surface area contributed by atoms with Crippen LogP contribution in [0.25, 0.3) is 10.8 Å². The molecule has 2 nitrogen and oxygen atoms in total. The molecular weight excluding hydrogens is 358 g/mol. The Kier molecular flexibility index (Phi) is 5.38. The van der Waals surface area contributed by atoms with E-state index in [0.717, 1.165) is 36.3 Å². The molecule has 4 heteroatoms. The van der Waals surface area contributed by atoms with Crippen LogP contribution in [-0.4, -0.2) is 13.2 Å². The number of ether oxygens (including phenoxy) is 2. The summed E-state index contributed by atoms with van der Waals surface area (Å²) in [4.78, 5) is 0. The van der Waals surface area contributed by atoms with Gasteiger partial charge < -0.3 is 9.47 Å². The zero-order valence-electron chi connectivity index (χ0n) is 15.5. The molecule has 0 N–H and O–H groups in total. The molecule has 1 aliphatic heterocycles. The van der Waals surface area contributed by atoms with Crippen LogP contribution in [0.4, 0.5) is 8.78 Å². The Bertz CT molecular complexity index is 1040. The minimum Gasteiger partial charge on any atom is -0.348 e. The van der Waals surface area contributed by atoms with E-state index in [0.29, 0.717) is 16.7 Å². The van der Waals surface area contributed by atoms with Gasteiger partial charge in [-0.1, -0.05) is 37.0 Å². The van der Waals surface area contributed by atoms with E-state index in [-0.39, 0.29) is 6.29 Å². The van der Waals surface area contributed by atoms with Crippen LogP contribution in [0.3, 0.4) is 0 Å². The summed E-state index contributed by atoms with van der Waals surface area (Å²) in [5, 5.41) is 1.27. The zero-order valence-corrected chi connectivity index (χ0v) is 15.5. The molecule has 0 atom stereocenters. The molecule has 1 heterocycles. The number of halogens is 2. The minimum absolute atomic E-state index is 0.319. The largest absolute Gasteiger partial charge is 0.348 e. The lowest BCUT2D eigenvalue weighted by atomic mass is 10.1. The second-order valence-corrected chi connectivity index (χ2v) is 6.97. The quantitative estimate of drug-likeness (QED) is 0.541. The first-order valence-corrected chi connectivity index (χ1v) is 9.36. The molecule has 4 rings (SSSR count). The van der Waals surface area contributed by atoms with Crippen LogP contribution in [0.2, 0.25) is 0 Å². The molecule has 0 saturated carbocycles. The lowest BCUT2D eigenvalue weighted by molar-refractivity contribution is -0.205. The highest BCUT2D eigenvalue weighted by Gasteiger charge is 2.22. The Labute approximate surface area is 163 Å². The van der Waals surface area contributed by atoms with Gasteiger partial charge in [-0.2, -0.15) is 0 Å². The summed E-state index contributed by atoms with van der Waals surface area (Å²) < 4.78 is 38.3. The Morgan fingerprint density at radius 1 is 0.821 bits per heavy atom. The van der Waals surface area contributed by atoms with Gasteiger partial charge in [-0.05, 0) is 53.6 Å². The van der Waals surface area contributed by atoms with Crippen molar-refractivity contribution in [2.24, 2.45) is 5.92 Å². The van der Waals surface area contributed by atoms with Crippen LogP contribution in [-0.2, 0) is 9.47 Å². The fourth-order valence-corrected chi connectivity index (χ4v) is 3.16. The summed E-state index contributed by atoms with van der Waals surface area (Å²) in [5.74, 6) is 4.93. The molecule has 0 aliphatic carbocycles. The van der Waals surface area contributed by atoms with Crippen molar-refractivity contribution in [1.82, 2.24) is 0 Å². The van der Waals surface area contributed by atoms with Gasteiger partial charge >= 0.3 is 0 Å². The highest BCUT2D eigenvalue weighted by Crippen LogP contribution is 2.26.